The Morgan fingerprint density at radius 1 is 1.24 bits per heavy atom. The number of hydrogen-bond donors (Lipinski definition) is 1. The van der Waals surface area contributed by atoms with Crippen molar-refractivity contribution in [2.75, 3.05) is 11.9 Å². The van der Waals surface area contributed by atoms with Gasteiger partial charge in [-0.2, -0.15) is 0 Å². The second-order valence-electron chi connectivity index (χ2n) is 4.95. The second kappa shape index (κ2) is 7.67. The number of anilines is 1. The first-order valence-electron chi connectivity index (χ1n) is 7.40. The molecule has 0 atom stereocenters. The summed E-state index contributed by atoms with van der Waals surface area (Å²) in [5.74, 6) is 0.607. The molecule has 0 spiro atoms. The third kappa shape index (κ3) is 4.18. The lowest BCUT2D eigenvalue weighted by atomic mass is 10.2. The molecule has 3 rings (SSSR count). The summed E-state index contributed by atoms with van der Waals surface area (Å²) < 4.78 is 11.6. The molecule has 0 fully saturated rings. The van der Waals surface area contributed by atoms with Crippen LogP contribution >= 0.6 is 27.5 Å². The number of benzene rings is 2. The lowest BCUT2D eigenvalue weighted by Gasteiger charge is -2.04. The minimum absolute atomic E-state index is 0.00933. The van der Waals surface area contributed by atoms with Gasteiger partial charge in [-0.15, -0.1) is 5.10 Å². The molecule has 1 amide bonds. The van der Waals surface area contributed by atoms with Crippen LogP contribution in [0.2, 0.25) is 5.02 Å². The van der Waals surface area contributed by atoms with Crippen LogP contribution in [0.1, 0.15) is 17.3 Å². The van der Waals surface area contributed by atoms with E-state index in [1.165, 1.54) is 0 Å². The summed E-state index contributed by atoms with van der Waals surface area (Å²) >= 11 is 9.34. The van der Waals surface area contributed by atoms with Gasteiger partial charge in [0, 0.05) is 10.0 Å². The molecule has 0 saturated carbocycles. The molecule has 0 aliphatic carbocycles. The van der Waals surface area contributed by atoms with Gasteiger partial charge < -0.3 is 9.15 Å². The van der Waals surface area contributed by atoms with Gasteiger partial charge in [-0.1, -0.05) is 32.6 Å². The van der Waals surface area contributed by atoms with E-state index < -0.39 is 5.91 Å². The van der Waals surface area contributed by atoms with Gasteiger partial charge in [0.25, 0.3) is 5.91 Å². The number of carbonyl (C=O) groups excluding carboxylic acids is 1. The van der Waals surface area contributed by atoms with Crippen molar-refractivity contribution in [2.45, 2.75) is 6.92 Å². The molecule has 0 aliphatic heterocycles. The summed E-state index contributed by atoms with van der Waals surface area (Å²) in [7, 11) is 0. The molecule has 0 saturated heterocycles. The normalized spacial score (nSPS) is 10.5. The van der Waals surface area contributed by atoms with Crippen LogP contribution < -0.4 is 10.1 Å². The Balaban J connectivity index is 1.75. The fourth-order valence-electron chi connectivity index (χ4n) is 2.09. The van der Waals surface area contributed by atoms with E-state index in [0.717, 1.165) is 15.8 Å². The SMILES string of the molecule is CCOc1ccc(-c2nnc(NC(=O)c3cc(Br)ccc3Cl)o2)cc1. The van der Waals surface area contributed by atoms with Crippen LogP contribution in [0.25, 0.3) is 11.5 Å². The molecule has 3 aromatic rings. The maximum atomic E-state index is 12.3. The van der Waals surface area contributed by atoms with Gasteiger partial charge in [0.05, 0.1) is 17.2 Å². The highest BCUT2D eigenvalue weighted by atomic mass is 79.9. The van der Waals surface area contributed by atoms with Crippen LogP contribution in [0.4, 0.5) is 6.01 Å². The Hall–Kier alpha value is -2.38. The Morgan fingerprint density at radius 2 is 2.00 bits per heavy atom. The number of carbonyl (C=O) groups is 1. The fraction of sp³-hybridized carbons (Fsp3) is 0.118. The average molecular weight is 423 g/mol. The molecular weight excluding hydrogens is 410 g/mol. The number of hydrogen-bond acceptors (Lipinski definition) is 5. The molecule has 0 aliphatic rings. The van der Waals surface area contributed by atoms with Crippen LogP contribution in [0.5, 0.6) is 5.75 Å². The third-order valence-corrected chi connectivity index (χ3v) is 4.05. The van der Waals surface area contributed by atoms with Crippen LogP contribution in [-0.2, 0) is 0 Å². The molecule has 2 aromatic carbocycles. The quantitative estimate of drug-likeness (QED) is 0.639. The van der Waals surface area contributed by atoms with Crippen molar-refractivity contribution < 1.29 is 13.9 Å². The van der Waals surface area contributed by atoms with Crippen LogP contribution in [0.15, 0.2) is 51.4 Å². The van der Waals surface area contributed by atoms with Gasteiger partial charge in [0.1, 0.15) is 5.75 Å². The van der Waals surface area contributed by atoms with Crippen molar-refractivity contribution in [3.8, 4) is 17.2 Å². The molecule has 0 radical (unpaired) electrons. The second-order valence-corrected chi connectivity index (χ2v) is 6.27. The maximum absolute atomic E-state index is 12.3. The number of nitrogens with one attached hydrogen (secondary N) is 1. The summed E-state index contributed by atoms with van der Waals surface area (Å²) in [6.07, 6.45) is 0. The van der Waals surface area contributed by atoms with Gasteiger partial charge in [-0.25, -0.2) is 0 Å². The standard InChI is InChI=1S/C17H13BrClN3O3/c1-2-24-12-6-3-10(4-7-12)16-21-22-17(25-16)20-15(23)13-9-11(18)5-8-14(13)19/h3-9H,2H2,1H3,(H,20,22,23). The summed E-state index contributed by atoms with van der Waals surface area (Å²) in [6.45, 7) is 2.51. The third-order valence-electron chi connectivity index (χ3n) is 3.23. The van der Waals surface area contributed by atoms with Crippen molar-refractivity contribution >= 4 is 39.5 Å². The number of rotatable bonds is 5. The molecule has 8 heteroatoms. The lowest BCUT2D eigenvalue weighted by Crippen LogP contribution is -2.12. The van der Waals surface area contributed by atoms with Crippen molar-refractivity contribution in [1.29, 1.82) is 0 Å². The first-order valence-corrected chi connectivity index (χ1v) is 8.57. The van der Waals surface area contributed by atoms with E-state index in [1.54, 1.807) is 30.3 Å². The first kappa shape index (κ1) is 17.4. The number of aromatic nitrogens is 2. The maximum Gasteiger partial charge on any atom is 0.322 e. The predicted molar refractivity (Wildman–Crippen MR) is 98.0 cm³/mol. The molecule has 25 heavy (non-hydrogen) atoms. The zero-order valence-corrected chi connectivity index (χ0v) is 15.5. The molecule has 0 bridgehead atoms. The smallest absolute Gasteiger partial charge is 0.322 e. The van der Waals surface area contributed by atoms with E-state index in [2.05, 4.69) is 31.4 Å². The minimum atomic E-state index is -0.437. The number of ether oxygens (including phenoxy) is 1. The van der Waals surface area contributed by atoms with Crippen molar-refractivity contribution in [3.05, 3.63) is 57.5 Å². The average Bonchev–Trinajstić information content (AvgIpc) is 3.06. The molecule has 1 heterocycles. The Morgan fingerprint density at radius 3 is 2.72 bits per heavy atom. The van der Waals surface area contributed by atoms with E-state index >= 15 is 0 Å². The van der Waals surface area contributed by atoms with E-state index in [0.29, 0.717) is 23.1 Å². The van der Waals surface area contributed by atoms with Gasteiger partial charge in [0.2, 0.25) is 5.89 Å². The zero-order valence-electron chi connectivity index (χ0n) is 13.1. The lowest BCUT2D eigenvalue weighted by molar-refractivity contribution is 0.102. The Kier molecular flexibility index (Phi) is 5.35. The van der Waals surface area contributed by atoms with Gasteiger partial charge >= 0.3 is 6.01 Å². The number of amides is 1. The molecule has 1 N–H and O–H groups in total. The van der Waals surface area contributed by atoms with Crippen molar-refractivity contribution in [3.63, 3.8) is 0 Å². The summed E-state index contributed by atoms with van der Waals surface area (Å²) in [4.78, 5) is 12.3. The van der Waals surface area contributed by atoms with E-state index in [-0.39, 0.29) is 6.01 Å². The first-order chi connectivity index (χ1) is 12.1. The Bertz CT molecular complexity index is 896. The number of halogens is 2. The molecule has 6 nitrogen and oxygen atoms in total. The fourth-order valence-corrected chi connectivity index (χ4v) is 2.65. The molecular formula is C17H13BrClN3O3. The highest BCUT2D eigenvalue weighted by Crippen LogP contribution is 2.24. The summed E-state index contributed by atoms with van der Waals surface area (Å²) in [5.41, 5.74) is 1.02. The van der Waals surface area contributed by atoms with Gasteiger partial charge in [-0.3, -0.25) is 10.1 Å². The van der Waals surface area contributed by atoms with Gasteiger partial charge in [0.15, 0.2) is 0 Å². The van der Waals surface area contributed by atoms with E-state index in [1.807, 2.05) is 19.1 Å². The molecule has 0 unspecified atom stereocenters. The number of nitrogens with zero attached hydrogens (tertiary/aromatic N) is 2. The van der Waals surface area contributed by atoms with Crippen LogP contribution in [0, 0.1) is 0 Å². The Labute approximate surface area is 157 Å². The highest BCUT2D eigenvalue weighted by molar-refractivity contribution is 9.10. The predicted octanol–water partition coefficient (Wildman–Crippen LogP) is 4.80. The van der Waals surface area contributed by atoms with Crippen molar-refractivity contribution in [2.24, 2.45) is 0 Å². The van der Waals surface area contributed by atoms with Crippen LogP contribution in [0.3, 0.4) is 0 Å². The molecule has 128 valence electrons. The monoisotopic (exact) mass is 421 g/mol. The largest absolute Gasteiger partial charge is 0.494 e. The highest BCUT2D eigenvalue weighted by Gasteiger charge is 2.15. The van der Waals surface area contributed by atoms with Crippen LogP contribution in [-0.4, -0.2) is 22.7 Å². The summed E-state index contributed by atoms with van der Waals surface area (Å²) in [6, 6.07) is 12.2. The topological polar surface area (TPSA) is 77.3 Å². The summed E-state index contributed by atoms with van der Waals surface area (Å²) in [5, 5.41) is 10.6. The van der Waals surface area contributed by atoms with E-state index in [4.69, 9.17) is 20.8 Å². The minimum Gasteiger partial charge on any atom is -0.494 e. The zero-order chi connectivity index (χ0) is 17.8. The van der Waals surface area contributed by atoms with E-state index in [9.17, 15) is 4.79 Å². The van der Waals surface area contributed by atoms with Gasteiger partial charge in [-0.05, 0) is 49.4 Å². The van der Waals surface area contributed by atoms with Crippen molar-refractivity contribution in [1.82, 2.24) is 10.2 Å². The molecule has 1 aromatic heterocycles.